The third kappa shape index (κ3) is 4.99. The minimum absolute atomic E-state index is 0.0936. The zero-order chi connectivity index (χ0) is 14.2. The molecule has 0 atom stereocenters. The van der Waals surface area contributed by atoms with Gasteiger partial charge in [0.05, 0.1) is 0 Å². The Balaban J connectivity index is 1.62. The molecule has 2 rings (SSSR count). The van der Waals surface area contributed by atoms with Crippen LogP contribution in [0.1, 0.15) is 29.7 Å². The molecule has 1 N–H and O–H groups in total. The predicted molar refractivity (Wildman–Crippen MR) is 85.2 cm³/mol. The minimum Gasteiger partial charge on any atom is -0.352 e. The monoisotopic (exact) mass is 307 g/mol. The van der Waals surface area contributed by atoms with Crippen molar-refractivity contribution < 1.29 is 4.79 Å². The molecule has 0 aliphatic carbocycles. The highest BCUT2D eigenvalue weighted by molar-refractivity contribution is 7.09. The first-order valence-corrected chi connectivity index (χ1v) is 8.04. The summed E-state index contributed by atoms with van der Waals surface area (Å²) in [5.41, 5.74) is 0.959. The summed E-state index contributed by atoms with van der Waals surface area (Å²) < 4.78 is 0. The number of rotatable bonds is 7. The molecule has 106 valence electrons. The minimum atomic E-state index is 0.0936. The number of benzene rings is 1. The lowest BCUT2D eigenvalue weighted by Gasteiger charge is -2.06. The van der Waals surface area contributed by atoms with Gasteiger partial charge < -0.3 is 5.32 Å². The van der Waals surface area contributed by atoms with Crippen LogP contribution in [0.25, 0.3) is 0 Å². The summed E-state index contributed by atoms with van der Waals surface area (Å²) in [6.45, 7) is 0.503. The van der Waals surface area contributed by atoms with Crippen LogP contribution in [0.3, 0.4) is 0 Å². The maximum atomic E-state index is 11.7. The molecule has 0 unspecified atom stereocenters. The molecule has 0 aliphatic rings. The Morgan fingerprint density at radius 1 is 1.15 bits per heavy atom. The van der Waals surface area contributed by atoms with Gasteiger partial charge in [0.25, 0.3) is 0 Å². The van der Waals surface area contributed by atoms with Gasteiger partial charge in [0.15, 0.2) is 0 Å². The van der Waals surface area contributed by atoms with Crippen LogP contribution in [-0.4, -0.2) is 5.91 Å². The highest BCUT2D eigenvalue weighted by atomic mass is 35.5. The molecule has 1 heterocycles. The highest BCUT2D eigenvalue weighted by Gasteiger charge is 2.03. The zero-order valence-corrected chi connectivity index (χ0v) is 12.8. The van der Waals surface area contributed by atoms with E-state index in [-0.39, 0.29) is 5.91 Å². The van der Waals surface area contributed by atoms with Crippen molar-refractivity contribution in [2.45, 2.75) is 32.2 Å². The van der Waals surface area contributed by atoms with Crippen LogP contribution in [0.5, 0.6) is 0 Å². The first kappa shape index (κ1) is 15.1. The van der Waals surface area contributed by atoms with Crippen molar-refractivity contribution in [3.8, 4) is 0 Å². The lowest BCUT2D eigenvalue weighted by molar-refractivity contribution is -0.121. The quantitative estimate of drug-likeness (QED) is 0.753. The van der Waals surface area contributed by atoms with Gasteiger partial charge in [0, 0.05) is 22.9 Å². The molecule has 0 radical (unpaired) electrons. The van der Waals surface area contributed by atoms with Crippen LogP contribution in [0.2, 0.25) is 5.02 Å². The molecule has 0 aliphatic heterocycles. The van der Waals surface area contributed by atoms with Crippen LogP contribution in [0, 0.1) is 0 Å². The normalized spacial score (nSPS) is 10.4. The van der Waals surface area contributed by atoms with Crippen LogP contribution < -0.4 is 5.32 Å². The molecular weight excluding hydrogens is 290 g/mol. The predicted octanol–water partition coefficient (Wildman–Crippen LogP) is 4.43. The van der Waals surface area contributed by atoms with Gasteiger partial charge in [0.2, 0.25) is 5.91 Å². The van der Waals surface area contributed by atoms with Gasteiger partial charge in [-0.05, 0) is 42.3 Å². The average Bonchev–Trinajstić information content (AvgIpc) is 2.96. The van der Waals surface area contributed by atoms with Gasteiger partial charge in [-0.2, -0.15) is 0 Å². The maximum Gasteiger partial charge on any atom is 0.220 e. The molecule has 0 bridgehead atoms. The van der Waals surface area contributed by atoms with E-state index in [1.165, 1.54) is 4.88 Å². The second kappa shape index (κ2) is 8.08. The Bertz CT molecular complexity index is 539. The number of carbonyl (C=O) groups is 1. The SMILES string of the molecule is O=C(CCCCc1cccs1)NCc1ccccc1Cl. The van der Waals surface area contributed by atoms with Gasteiger partial charge in [-0.25, -0.2) is 0 Å². The Labute approximate surface area is 128 Å². The molecule has 0 spiro atoms. The molecule has 2 aromatic rings. The number of aryl methyl sites for hydroxylation is 1. The molecule has 1 amide bonds. The number of hydrogen-bond acceptors (Lipinski definition) is 2. The third-order valence-electron chi connectivity index (χ3n) is 3.09. The number of thiophene rings is 1. The van der Waals surface area contributed by atoms with E-state index < -0.39 is 0 Å². The van der Waals surface area contributed by atoms with Crippen molar-refractivity contribution in [2.75, 3.05) is 0 Å². The summed E-state index contributed by atoms with van der Waals surface area (Å²) in [7, 11) is 0. The Morgan fingerprint density at radius 2 is 2.00 bits per heavy atom. The summed E-state index contributed by atoms with van der Waals surface area (Å²) in [5, 5.41) is 5.70. The van der Waals surface area contributed by atoms with Crippen LogP contribution in [-0.2, 0) is 17.8 Å². The van der Waals surface area contributed by atoms with Crippen molar-refractivity contribution in [1.29, 1.82) is 0 Å². The first-order chi connectivity index (χ1) is 9.75. The first-order valence-electron chi connectivity index (χ1n) is 6.78. The number of hydrogen-bond donors (Lipinski definition) is 1. The fraction of sp³-hybridized carbons (Fsp3) is 0.312. The molecular formula is C16H18ClNOS. The lowest BCUT2D eigenvalue weighted by atomic mass is 10.1. The van der Waals surface area contributed by atoms with E-state index in [2.05, 4.69) is 22.8 Å². The summed E-state index contributed by atoms with van der Waals surface area (Å²) in [4.78, 5) is 13.1. The number of nitrogens with one attached hydrogen (secondary N) is 1. The third-order valence-corrected chi connectivity index (χ3v) is 4.40. The Morgan fingerprint density at radius 3 is 2.75 bits per heavy atom. The van der Waals surface area contributed by atoms with Crippen molar-refractivity contribution in [3.05, 3.63) is 57.2 Å². The highest BCUT2D eigenvalue weighted by Crippen LogP contribution is 2.15. The van der Waals surface area contributed by atoms with E-state index in [1.807, 2.05) is 24.3 Å². The van der Waals surface area contributed by atoms with Gasteiger partial charge in [0.1, 0.15) is 0 Å². The fourth-order valence-corrected chi connectivity index (χ4v) is 2.92. The van der Waals surface area contributed by atoms with E-state index in [4.69, 9.17) is 11.6 Å². The van der Waals surface area contributed by atoms with Crippen LogP contribution in [0.4, 0.5) is 0 Å². The van der Waals surface area contributed by atoms with Crippen molar-refractivity contribution in [1.82, 2.24) is 5.32 Å². The molecule has 0 fully saturated rings. The van der Waals surface area contributed by atoms with Crippen LogP contribution in [0.15, 0.2) is 41.8 Å². The summed E-state index contributed by atoms with van der Waals surface area (Å²) in [5.74, 6) is 0.0936. The van der Waals surface area contributed by atoms with E-state index >= 15 is 0 Å². The molecule has 20 heavy (non-hydrogen) atoms. The topological polar surface area (TPSA) is 29.1 Å². The van der Waals surface area contributed by atoms with Crippen molar-refractivity contribution in [2.24, 2.45) is 0 Å². The smallest absolute Gasteiger partial charge is 0.220 e. The van der Waals surface area contributed by atoms with Gasteiger partial charge in [-0.3, -0.25) is 4.79 Å². The number of carbonyl (C=O) groups excluding carboxylic acids is 1. The zero-order valence-electron chi connectivity index (χ0n) is 11.3. The van der Waals surface area contributed by atoms with E-state index in [0.29, 0.717) is 18.0 Å². The molecule has 0 saturated heterocycles. The fourth-order valence-electron chi connectivity index (χ4n) is 1.96. The second-order valence-electron chi connectivity index (χ2n) is 4.65. The molecule has 1 aromatic carbocycles. The molecule has 2 nitrogen and oxygen atoms in total. The Kier molecular flexibility index (Phi) is 6.09. The van der Waals surface area contributed by atoms with Crippen molar-refractivity contribution >= 4 is 28.8 Å². The number of amides is 1. The molecule has 1 aromatic heterocycles. The van der Waals surface area contributed by atoms with Gasteiger partial charge in [-0.1, -0.05) is 35.9 Å². The van der Waals surface area contributed by atoms with Gasteiger partial charge >= 0.3 is 0 Å². The van der Waals surface area contributed by atoms with E-state index in [9.17, 15) is 4.79 Å². The Hall–Kier alpha value is -1.32. The van der Waals surface area contributed by atoms with E-state index in [0.717, 1.165) is 24.8 Å². The van der Waals surface area contributed by atoms with E-state index in [1.54, 1.807) is 11.3 Å². The molecule has 0 saturated carbocycles. The maximum absolute atomic E-state index is 11.7. The molecule has 4 heteroatoms. The average molecular weight is 308 g/mol. The van der Waals surface area contributed by atoms with Crippen molar-refractivity contribution in [3.63, 3.8) is 0 Å². The summed E-state index contributed by atoms with van der Waals surface area (Å²) in [6, 6.07) is 11.8. The lowest BCUT2D eigenvalue weighted by Crippen LogP contribution is -2.22. The second-order valence-corrected chi connectivity index (χ2v) is 6.09. The largest absolute Gasteiger partial charge is 0.352 e. The number of unbranched alkanes of at least 4 members (excludes halogenated alkanes) is 1. The summed E-state index contributed by atoms with van der Waals surface area (Å²) >= 11 is 7.82. The summed E-state index contributed by atoms with van der Waals surface area (Å²) in [6.07, 6.45) is 3.62. The number of halogens is 1. The van der Waals surface area contributed by atoms with Gasteiger partial charge in [-0.15, -0.1) is 11.3 Å². The van der Waals surface area contributed by atoms with Crippen LogP contribution >= 0.6 is 22.9 Å². The standard InChI is InChI=1S/C16H18ClNOS/c17-15-9-3-1-6-13(15)12-18-16(19)10-4-2-7-14-8-5-11-20-14/h1,3,5-6,8-9,11H,2,4,7,10,12H2,(H,18,19).